The van der Waals surface area contributed by atoms with E-state index in [2.05, 4.69) is 15.4 Å². The molecule has 1 N–H and O–H groups in total. The first-order chi connectivity index (χ1) is 16.0. The van der Waals surface area contributed by atoms with E-state index in [4.69, 9.17) is 4.74 Å². The molecule has 168 valence electrons. The summed E-state index contributed by atoms with van der Waals surface area (Å²) in [5.41, 5.74) is 1.87. The maximum atomic E-state index is 13.2. The summed E-state index contributed by atoms with van der Waals surface area (Å²) in [6, 6.07) is 10.3. The fourth-order valence-corrected chi connectivity index (χ4v) is 4.44. The first-order valence-corrected chi connectivity index (χ1v) is 10.9. The number of nitrogens with one attached hydrogen (secondary N) is 1. The van der Waals surface area contributed by atoms with Gasteiger partial charge in [-0.2, -0.15) is 4.98 Å². The van der Waals surface area contributed by atoms with Crippen LogP contribution in [0.15, 0.2) is 47.8 Å². The number of thiazole rings is 1. The Morgan fingerprint density at radius 3 is 2.67 bits per heavy atom. The normalized spacial score (nSPS) is 13.9. The lowest BCUT2D eigenvalue weighted by atomic mass is 10.1. The van der Waals surface area contributed by atoms with Crippen LogP contribution >= 0.6 is 11.3 Å². The number of amides is 1. The third kappa shape index (κ3) is 4.13. The number of halogens is 1. The minimum atomic E-state index is -0.562. The van der Waals surface area contributed by atoms with E-state index in [0.29, 0.717) is 42.6 Å². The molecule has 10 nitrogen and oxygen atoms in total. The molecule has 0 bridgehead atoms. The van der Waals surface area contributed by atoms with Crippen LogP contribution in [0.25, 0.3) is 16.2 Å². The second-order valence-corrected chi connectivity index (χ2v) is 8.11. The van der Waals surface area contributed by atoms with E-state index < -0.39 is 10.8 Å². The van der Waals surface area contributed by atoms with Crippen LogP contribution in [0.5, 0.6) is 0 Å². The monoisotopic (exact) mass is 468 g/mol. The summed E-state index contributed by atoms with van der Waals surface area (Å²) >= 11 is 1.32. The lowest BCUT2D eigenvalue weighted by molar-refractivity contribution is -0.384. The van der Waals surface area contributed by atoms with Gasteiger partial charge in [-0.1, -0.05) is 0 Å². The molecule has 3 heterocycles. The van der Waals surface area contributed by atoms with E-state index in [-0.39, 0.29) is 23.0 Å². The molecule has 0 spiro atoms. The molecular formula is C21H17FN6O4S. The number of fused-ring (bicyclic) bond motifs is 1. The first-order valence-electron chi connectivity index (χ1n) is 10.0. The Kier molecular flexibility index (Phi) is 5.44. The van der Waals surface area contributed by atoms with Crippen molar-refractivity contribution >= 4 is 39.5 Å². The molecule has 4 aromatic rings. The van der Waals surface area contributed by atoms with Crippen molar-refractivity contribution in [2.45, 2.75) is 0 Å². The van der Waals surface area contributed by atoms with Crippen LogP contribution in [0.1, 0.15) is 10.4 Å². The Hall–Kier alpha value is -3.90. The van der Waals surface area contributed by atoms with E-state index in [0.717, 1.165) is 5.56 Å². The van der Waals surface area contributed by atoms with Gasteiger partial charge >= 0.3 is 0 Å². The highest BCUT2D eigenvalue weighted by molar-refractivity contribution is 7.15. The number of carbonyl (C=O) groups is 1. The van der Waals surface area contributed by atoms with Gasteiger partial charge in [0.25, 0.3) is 17.5 Å². The maximum absolute atomic E-state index is 13.2. The van der Waals surface area contributed by atoms with Gasteiger partial charge in [0.05, 0.1) is 23.8 Å². The molecule has 0 saturated carbocycles. The number of hydrogen-bond donors (Lipinski definition) is 1. The van der Waals surface area contributed by atoms with Crippen molar-refractivity contribution in [2.75, 3.05) is 36.5 Å². The van der Waals surface area contributed by atoms with Crippen molar-refractivity contribution in [3.05, 3.63) is 69.3 Å². The van der Waals surface area contributed by atoms with E-state index in [9.17, 15) is 19.3 Å². The van der Waals surface area contributed by atoms with Crippen molar-refractivity contribution in [2.24, 2.45) is 0 Å². The molecule has 1 fully saturated rings. The zero-order chi connectivity index (χ0) is 22.9. The molecule has 1 saturated heterocycles. The van der Waals surface area contributed by atoms with Gasteiger partial charge < -0.3 is 9.64 Å². The molecule has 12 heteroatoms. The summed E-state index contributed by atoms with van der Waals surface area (Å²) < 4.78 is 20.1. The van der Waals surface area contributed by atoms with Crippen molar-refractivity contribution < 1.29 is 18.8 Å². The predicted octanol–water partition coefficient (Wildman–Crippen LogP) is 3.59. The second kappa shape index (κ2) is 8.56. The van der Waals surface area contributed by atoms with E-state index >= 15 is 0 Å². The van der Waals surface area contributed by atoms with Crippen molar-refractivity contribution in [1.82, 2.24) is 14.6 Å². The van der Waals surface area contributed by atoms with Gasteiger partial charge in [0.15, 0.2) is 0 Å². The fraction of sp³-hybridized carbons (Fsp3) is 0.190. The van der Waals surface area contributed by atoms with Crippen LogP contribution in [-0.4, -0.2) is 51.7 Å². The van der Waals surface area contributed by atoms with Crippen LogP contribution < -0.4 is 10.2 Å². The summed E-state index contributed by atoms with van der Waals surface area (Å²) in [6.07, 6.45) is 0. The smallest absolute Gasteiger partial charge is 0.293 e. The number of ether oxygens (including phenoxy) is 1. The van der Waals surface area contributed by atoms with Crippen LogP contribution in [0, 0.1) is 15.9 Å². The quantitative estimate of drug-likeness (QED) is 0.352. The SMILES string of the molecule is O=C(Nc1nc2scc(-c3ccc(F)cc3)n2n1)c1ccc(N2CCOCC2)c([N+](=O)[O-])c1. The topological polar surface area (TPSA) is 115 Å². The van der Waals surface area contributed by atoms with Crippen LogP contribution in [-0.2, 0) is 4.74 Å². The molecule has 1 amide bonds. The number of nitro groups is 1. The first kappa shape index (κ1) is 21.0. The minimum Gasteiger partial charge on any atom is -0.378 e. The number of anilines is 2. The highest BCUT2D eigenvalue weighted by Gasteiger charge is 2.24. The largest absolute Gasteiger partial charge is 0.378 e. The van der Waals surface area contributed by atoms with E-state index in [1.165, 1.54) is 35.6 Å². The molecule has 5 rings (SSSR count). The van der Waals surface area contributed by atoms with Gasteiger partial charge in [0, 0.05) is 35.7 Å². The number of morpholine rings is 1. The van der Waals surface area contributed by atoms with Crippen molar-refractivity contribution in [3.63, 3.8) is 0 Å². The number of aromatic nitrogens is 3. The highest BCUT2D eigenvalue weighted by atomic mass is 32.1. The third-order valence-electron chi connectivity index (χ3n) is 5.23. The van der Waals surface area contributed by atoms with Gasteiger partial charge in [0.2, 0.25) is 4.96 Å². The molecule has 0 aliphatic carbocycles. The number of hydrogen-bond acceptors (Lipinski definition) is 8. The Balaban J connectivity index is 1.39. The van der Waals surface area contributed by atoms with Crippen LogP contribution in [0.2, 0.25) is 0 Å². The number of nitrogens with zero attached hydrogens (tertiary/aromatic N) is 5. The van der Waals surface area contributed by atoms with Crippen LogP contribution in [0.4, 0.5) is 21.7 Å². The average Bonchev–Trinajstić information content (AvgIpc) is 3.40. The van der Waals surface area contributed by atoms with Gasteiger partial charge in [-0.3, -0.25) is 20.2 Å². The van der Waals surface area contributed by atoms with Crippen molar-refractivity contribution in [3.8, 4) is 11.3 Å². The highest BCUT2D eigenvalue weighted by Crippen LogP contribution is 2.30. The Morgan fingerprint density at radius 1 is 1.18 bits per heavy atom. The summed E-state index contributed by atoms with van der Waals surface area (Å²) in [5, 5.41) is 20.4. The molecule has 1 aliphatic heterocycles. The predicted molar refractivity (Wildman–Crippen MR) is 120 cm³/mol. The van der Waals surface area contributed by atoms with Gasteiger partial charge in [-0.05, 0) is 36.4 Å². The molecule has 1 aliphatic rings. The molecule has 2 aromatic heterocycles. The van der Waals surface area contributed by atoms with Crippen LogP contribution in [0.3, 0.4) is 0 Å². The summed E-state index contributed by atoms with van der Waals surface area (Å²) in [5.74, 6) is -0.839. The van der Waals surface area contributed by atoms with E-state index in [1.54, 1.807) is 22.7 Å². The average molecular weight is 468 g/mol. The van der Waals surface area contributed by atoms with Gasteiger partial charge in [-0.15, -0.1) is 16.4 Å². The van der Waals surface area contributed by atoms with Crippen molar-refractivity contribution in [1.29, 1.82) is 0 Å². The number of nitro benzene ring substituents is 1. The minimum absolute atomic E-state index is 0.0649. The molecule has 33 heavy (non-hydrogen) atoms. The molecule has 2 aromatic carbocycles. The Morgan fingerprint density at radius 2 is 1.94 bits per heavy atom. The summed E-state index contributed by atoms with van der Waals surface area (Å²) in [7, 11) is 0. The molecular weight excluding hydrogens is 451 g/mol. The number of rotatable bonds is 5. The Labute approximate surface area is 190 Å². The lowest BCUT2D eigenvalue weighted by Gasteiger charge is -2.28. The number of benzene rings is 2. The summed E-state index contributed by atoms with van der Waals surface area (Å²) in [6.45, 7) is 2.06. The summed E-state index contributed by atoms with van der Waals surface area (Å²) in [4.78, 5) is 30.6. The second-order valence-electron chi connectivity index (χ2n) is 7.27. The number of carbonyl (C=O) groups excluding carboxylic acids is 1. The van der Waals surface area contributed by atoms with Gasteiger partial charge in [0.1, 0.15) is 11.5 Å². The third-order valence-corrected chi connectivity index (χ3v) is 6.05. The van der Waals surface area contributed by atoms with Gasteiger partial charge in [-0.25, -0.2) is 8.91 Å². The Bertz CT molecular complexity index is 1350. The standard InChI is InChI=1S/C21H17FN6O4S/c22-15-4-1-13(2-5-15)18-12-33-21-24-20(25-27(18)21)23-19(29)14-3-6-16(17(11-14)28(30)31)26-7-9-32-10-8-26/h1-6,11-12H,7-10H2,(H,23,25,29). The lowest BCUT2D eigenvalue weighted by Crippen LogP contribution is -2.36. The van der Waals surface area contributed by atoms with E-state index in [1.807, 2.05) is 10.3 Å². The molecule has 0 unspecified atom stereocenters. The fourth-order valence-electron chi connectivity index (χ4n) is 3.61. The zero-order valence-corrected chi connectivity index (χ0v) is 17.9. The zero-order valence-electron chi connectivity index (χ0n) is 17.1. The molecule has 0 atom stereocenters. The molecule has 0 radical (unpaired) electrons. The maximum Gasteiger partial charge on any atom is 0.293 e.